The molecule has 0 amide bonds. The van der Waals surface area contributed by atoms with Crippen molar-refractivity contribution in [1.29, 1.82) is 0 Å². The third-order valence-electron chi connectivity index (χ3n) is 5.54. The maximum absolute atomic E-state index is 14.6. The summed E-state index contributed by atoms with van der Waals surface area (Å²) in [6.07, 6.45) is 1.53. The number of fused-ring (bicyclic) bond motifs is 1. The topological polar surface area (TPSA) is 59.2 Å². The molecule has 1 heterocycles. The van der Waals surface area contributed by atoms with Crippen molar-refractivity contribution >= 4 is 29.2 Å². The van der Waals surface area contributed by atoms with Crippen LogP contribution in [0, 0.1) is 6.92 Å². The van der Waals surface area contributed by atoms with Crippen molar-refractivity contribution in [3.8, 4) is 0 Å². The molecule has 4 nitrogen and oxygen atoms in total. The molecular formula is C23H24NO3P. The Labute approximate surface area is 165 Å². The molecule has 144 valence electrons. The van der Waals surface area contributed by atoms with Gasteiger partial charge in [0.25, 0.3) is 0 Å². The SMILES string of the molecule is CCOC(=O)[C@@H]1CCc2c1[nH]c(P(=O)(c1ccccc1)c1ccccc1)c2C. The number of aromatic amines is 1. The lowest BCUT2D eigenvalue weighted by Crippen LogP contribution is -2.28. The zero-order chi connectivity index (χ0) is 19.7. The van der Waals surface area contributed by atoms with Gasteiger partial charge < -0.3 is 14.3 Å². The van der Waals surface area contributed by atoms with E-state index < -0.39 is 7.14 Å². The van der Waals surface area contributed by atoms with Gasteiger partial charge in [0.1, 0.15) is 0 Å². The zero-order valence-corrected chi connectivity index (χ0v) is 17.0. The molecule has 2 aromatic carbocycles. The van der Waals surface area contributed by atoms with Crippen LogP contribution in [-0.2, 0) is 20.5 Å². The Morgan fingerprint density at radius 3 is 2.18 bits per heavy atom. The van der Waals surface area contributed by atoms with E-state index >= 15 is 0 Å². The first-order valence-electron chi connectivity index (χ1n) is 9.67. The number of carbonyl (C=O) groups excluding carboxylic acids is 1. The number of aromatic nitrogens is 1. The summed E-state index contributed by atoms with van der Waals surface area (Å²) in [7, 11) is -3.08. The first-order chi connectivity index (χ1) is 13.6. The van der Waals surface area contributed by atoms with Crippen molar-refractivity contribution in [3.05, 3.63) is 77.5 Å². The average Bonchev–Trinajstić information content (AvgIpc) is 3.29. The molecule has 0 radical (unpaired) electrons. The van der Waals surface area contributed by atoms with E-state index in [1.807, 2.05) is 74.5 Å². The Bertz CT molecular complexity index is 997. The Kier molecular flexibility index (Phi) is 4.99. The molecule has 0 bridgehead atoms. The van der Waals surface area contributed by atoms with Crippen molar-refractivity contribution in [1.82, 2.24) is 4.98 Å². The largest absolute Gasteiger partial charge is 0.465 e. The minimum atomic E-state index is -3.08. The second-order valence-electron chi connectivity index (χ2n) is 7.11. The number of H-pyrrole nitrogens is 1. The van der Waals surface area contributed by atoms with Crippen molar-refractivity contribution in [2.75, 3.05) is 6.61 Å². The van der Waals surface area contributed by atoms with Crippen LogP contribution in [0.5, 0.6) is 0 Å². The van der Waals surface area contributed by atoms with E-state index in [9.17, 15) is 9.36 Å². The van der Waals surface area contributed by atoms with E-state index in [0.29, 0.717) is 6.61 Å². The van der Waals surface area contributed by atoms with Crippen LogP contribution in [0.1, 0.15) is 36.1 Å². The lowest BCUT2D eigenvalue weighted by molar-refractivity contribution is -0.145. The minimum absolute atomic E-state index is 0.205. The Hall–Kier alpha value is -2.58. The average molecular weight is 393 g/mol. The number of nitrogens with one attached hydrogen (secondary N) is 1. The molecule has 1 N–H and O–H groups in total. The molecular weight excluding hydrogens is 369 g/mol. The van der Waals surface area contributed by atoms with Gasteiger partial charge in [-0.3, -0.25) is 4.79 Å². The zero-order valence-electron chi connectivity index (χ0n) is 16.1. The van der Waals surface area contributed by atoms with E-state index in [4.69, 9.17) is 4.74 Å². The number of carbonyl (C=O) groups is 1. The summed E-state index contributed by atoms with van der Waals surface area (Å²) in [5.74, 6) is -0.509. The molecule has 28 heavy (non-hydrogen) atoms. The number of ether oxygens (including phenoxy) is 1. The molecule has 0 saturated heterocycles. The van der Waals surface area contributed by atoms with Crippen molar-refractivity contribution in [3.63, 3.8) is 0 Å². The summed E-state index contributed by atoms with van der Waals surface area (Å²) in [6.45, 7) is 4.19. The van der Waals surface area contributed by atoms with Crippen molar-refractivity contribution in [2.24, 2.45) is 0 Å². The highest BCUT2D eigenvalue weighted by Crippen LogP contribution is 2.46. The van der Waals surface area contributed by atoms with Crippen LogP contribution < -0.4 is 16.0 Å². The maximum Gasteiger partial charge on any atom is 0.314 e. The smallest absolute Gasteiger partial charge is 0.314 e. The molecule has 4 rings (SSSR count). The lowest BCUT2D eigenvalue weighted by Gasteiger charge is -2.20. The molecule has 0 aliphatic heterocycles. The van der Waals surface area contributed by atoms with E-state index in [1.54, 1.807) is 0 Å². The second-order valence-corrected chi connectivity index (χ2v) is 9.81. The monoisotopic (exact) mass is 393 g/mol. The molecule has 5 heteroatoms. The highest BCUT2D eigenvalue weighted by atomic mass is 31.2. The van der Waals surface area contributed by atoms with E-state index in [1.165, 1.54) is 0 Å². The fourth-order valence-electron chi connectivity index (χ4n) is 4.17. The summed E-state index contributed by atoms with van der Waals surface area (Å²) < 4.78 is 19.9. The Morgan fingerprint density at radius 2 is 1.64 bits per heavy atom. The number of esters is 1. The quantitative estimate of drug-likeness (QED) is 0.533. The third kappa shape index (κ3) is 2.93. The van der Waals surface area contributed by atoms with Crippen LogP contribution in [0.4, 0.5) is 0 Å². The van der Waals surface area contributed by atoms with Gasteiger partial charge in [-0.2, -0.15) is 0 Å². The van der Waals surface area contributed by atoms with E-state index in [-0.39, 0.29) is 11.9 Å². The molecule has 0 saturated carbocycles. The van der Waals surface area contributed by atoms with Gasteiger partial charge in [-0.15, -0.1) is 0 Å². The van der Waals surface area contributed by atoms with Crippen LogP contribution >= 0.6 is 7.14 Å². The van der Waals surface area contributed by atoms with Gasteiger partial charge in [0.15, 0.2) is 7.14 Å². The molecule has 1 aromatic heterocycles. The minimum Gasteiger partial charge on any atom is -0.465 e. The summed E-state index contributed by atoms with van der Waals surface area (Å²) in [5, 5.41) is 1.58. The van der Waals surface area contributed by atoms with Gasteiger partial charge in [-0.1, -0.05) is 60.7 Å². The first kappa shape index (κ1) is 18.8. The van der Waals surface area contributed by atoms with Crippen LogP contribution in [0.3, 0.4) is 0 Å². The number of benzene rings is 2. The van der Waals surface area contributed by atoms with Gasteiger partial charge in [0.05, 0.1) is 18.0 Å². The Balaban J connectivity index is 1.90. The number of hydrogen-bond donors (Lipinski definition) is 1. The predicted octanol–water partition coefficient (Wildman–Crippen LogP) is 3.56. The van der Waals surface area contributed by atoms with Gasteiger partial charge in [0.2, 0.25) is 0 Å². The van der Waals surface area contributed by atoms with Gasteiger partial charge >= 0.3 is 5.97 Å². The summed E-state index contributed by atoms with van der Waals surface area (Å²) >= 11 is 0. The van der Waals surface area contributed by atoms with Crippen LogP contribution in [0.15, 0.2) is 60.7 Å². The van der Waals surface area contributed by atoms with Crippen LogP contribution in [-0.4, -0.2) is 17.6 Å². The molecule has 0 spiro atoms. The van der Waals surface area contributed by atoms with Crippen LogP contribution in [0.25, 0.3) is 0 Å². The fraction of sp³-hybridized carbons (Fsp3) is 0.261. The number of hydrogen-bond acceptors (Lipinski definition) is 3. The maximum atomic E-state index is 14.6. The fourth-order valence-corrected chi connectivity index (χ4v) is 7.05. The molecule has 1 aliphatic carbocycles. The van der Waals surface area contributed by atoms with E-state index in [2.05, 4.69) is 4.98 Å². The van der Waals surface area contributed by atoms with E-state index in [0.717, 1.165) is 45.7 Å². The van der Waals surface area contributed by atoms with Gasteiger partial charge in [-0.25, -0.2) is 0 Å². The lowest BCUT2D eigenvalue weighted by atomic mass is 10.1. The molecule has 3 aromatic rings. The van der Waals surface area contributed by atoms with Crippen molar-refractivity contribution in [2.45, 2.75) is 32.6 Å². The third-order valence-corrected chi connectivity index (χ3v) is 8.67. The Morgan fingerprint density at radius 1 is 1.07 bits per heavy atom. The predicted molar refractivity (Wildman–Crippen MR) is 113 cm³/mol. The van der Waals surface area contributed by atoms with Crippen LogP contribution in [0.2, 0.25) is 0 Å². The summed E-state index contributed by atoms with van der Waals surface area (Å²) in [5.41, 5.74) is 3.71. The molecule has 1 aliphatic rings. The van der Waals surface area contributed by atoms with Gasteiger partial charge in [0, 0.05) is 16.3 Å². The van der Waals surface area contributed by atoms with Crippen molar-refractivity contribution < 1.29 is 14.1 Å². The summed E-state index contributed by atoms with van der Waals surface area (Å²) in [4.78, 5) is 15.8. The normalized spacial score (nSPS) is 16.0. The highest BCUT2D eigenvalue weighted by Gasteiger charge is 2.39. The first-order valence-corrected chi connectivity index (χ1v) is 11.4. The number of rotatable bonds is 5. The molecule has 0 fully saturated rings. The standard InChI is InChI=1S/C23H24NO3P/c1-3-27-23(25)20-15-14-19-16(2)22(24-21(19)20)28(26,17-10-6-4-7-11-17)18-12-8-5-9-13-18/h4-13,20,24H,3,14-15H2,1-2H3/t20-/m1/s1. The highest BCUT2D eigenvalue weighted by molar-refractivity contribution is 7.85. The second kappa shape index (κ2) is 7.44. The summed E-state index contributed by atoms with van der Waals surface area (Å²) in [6, 6.07) is 19.2. The molecule has 0 unspecified atom stereocenters. The molecule has 1 atom stereocenters. The van der Waals surface area contributed by atoms with Gasteiger partial charge in [-0.05, 0) is 37.8 Å².